The second-order valence-corrected chi connectivity index (χ2v) is 4.87. The third kappa shape index (κ3) is 5.88. The average molecular weight is 342 g/mol. The third-order valence-electron chi connectivity index (χ3n) is 2.47. The highest BCUT2D eigenvalue weighted by Gasteiger charge is 2.01. The molecule has 1 aromatic carbocycles. The molecular formula is C14H16BrNO4. The van der Waals surface area contributed by atoms with E-state index >= 15 is 0 Å². The van der Waals surface area contributed by atoms with E-state index in [1.54, 1.807) is 19.3 Å². The first-order chi connectivity index (χ1) is 9.52. The molecule has 108 valence electrons. The molecule has 0 atom stereocenters. The fourth-order valence-electron chi connectivity index (χ4n) is 1.47. The Morgan fingerprint density at radius 2 is 2.20 bits per heavy atom. The Kier molecular flexibility index (Phi) is 6.79. The number of hydrogen-bond donors (Lipinski definition) is 2. The van der Waals surface area contributed by atoms with Crippen molar-refractivity contribution in [3.05, 3.63) is 34.3 Å². The van der Waals surface area contributed by atoms with Crippen molar-refractivity contribution in [2.45, 2.75) is 12.8 Å². The Balaban J connectivity index is 2.45. The summed E-state index contributed by atoms with van der Waals surface area (Å²) in [4.78, 5) is 21.8. The first-order valence-corrected chi connectivity index (χ1v) is 6.83. The van der Waals surface area contributed by atoms with Gasteiger partial charge in [0.1, 0.15) is 5.75 Å². The van der Waals surface area contributed by atoms with E-state index in [0.29, 0.717) is 13.0 Å². The van der Waals surface area contributed by atoms with E-state index in [0.717, 1.165) is 15.8 Å². The second kappa shape index (κ2) is 8.37. The molecule has 20 heavy (non-hydrogen) atoms. The van der Waals surface area contributed by atoms with Gasteiger partial charge < -0.3 is 15.2 Å². The molecule has 0 spiro atoms. The number of carboxylic acid groups (broad SMARTS) is 1. The predicted octanol–water partition coefficient (Wildman–Crippen LogP) is 2.45. The number of nitrogens with one attached hydrogen (secondary N) is 1. The van der Waals surface area contributed by atoms with Crippen molar-refractivity contribution >= 4 is 33.9 Å². The average Bonchev–Trinajstić information content (AvgIpc) is 2.41. The fraction of sp³-hybridized carbons (Fsp3) is 0.286. The van der Waals surface area contributed by atoms with Crippen molar-refractivity contribution in [1.29, 1.82) is 0 Å². The number of ether oxygens (including phenoxy) is 1. The van der Waals surface area contributed by atoms with Gasteiger partial charge in [-0.15, -0.1) is 0 Å². The Hall–Kier alpha value is -1.82. The Morgan fingerprint density at radius 3 is 2.80 bits per heavy atom. The summed E-state index contributed by atoms with van der Waals surface area (Å²) in [5.74, 6) is -0.388. The zero-order valence-electron chi connectivity index (χ0n) is 11.1. The van der Waals surface area contributed by atoms with Gasteiger partial charge in [0, 0.05) is 19.0 Å². The largest absolute Gasteiger partial charge is 0.496 e. The Bertz CT molecular complexity index is 514. The van der Waals surface area contributed by atoms with E-state index in [1.165, 1.54) is 6.08 Å². The van der Waals surface area contributed by atoms with Crippen LogP contribution in [0.1, 0.15) is 18.4 Å². The van der Waals surface area contributed by atoms with Gasteiger partial charge in [-0.2, -0.15) is 0 Å². The standard InChI is InChI=1S/C14H16BrNO4/c1-20-12-6-4-10(9-11(12)15)5-7-13(17)16-8-2-3-14(18)19/h4-7,9H,2-3,8H2,1H3,(H,16,17)(H,18,19). The number of carbonyl (C=O) groups excluding carboxylic acids is 1. The Morgan fingerprint density at radius 1 is 1.45 bits per heavy atom. The molecule has 1 rings (SSSR count). The van der Waals surface area contributed by atoms with E-state index in [1.807, 2.05) is 12.1 Å². The number of aliphatic carboxylic acids is 1. The number of rotatable bonds is 7. The van der Waals surface area contributed by atoms with Gasteiger partial charge in [0.2, 0.25) is 5.91 Å². The van der Waals surface area contributed by atoms with Gasteiger partial charge >= 0.3 is 5.97 Å². The molecular weight excluding hydrogens is 326 g/mol. The van der Waals surface area contributed by atoms with E-state index in [-0.39, 0.29) is 12.3 Å². The summed E-state index contributed by atoms with van der Waals surface area (Å²) in [6.07, 6.45) is 3.56. The zero-order valence-corrected chi connectivity index (χ0v) is 12.6. The van der Waals surface area contributed by atoms with Gasteiger partial charge in [-0.05, 0) is 46.1 Å². The lowest BCUT2D eigenvalue weighted by Crippen LogP contribution is -2.22. The zero-order chi connectivity index (χ0) is 15.0. The molecule has 1 aromatic rings. The van der Waals surface area contributed by atoms with Crippen LogP contribution in [0.2, 0.25) is 0 Å². The topological polar surface area (TPSA) is 75.6 Å². The highest BCUT2D eigenvalue weighted by molar-refractivity contribution is 9.10. The minimum absolute atomic E-state index is 0.0510. The molecule has 0 bridgehead atoms. The number of carbonyl (C=O) groups is 2. The maximum atomic E-state index is 11.5. The maximum absolute atomic E-state index is 11.5. The Labute approximate surface area is 125 Å². The minimum Gasteiger partial charge on any atom is -0.496 e. The number of hydrogen-bond acceptors (Lipinski definition) is 3. The van der Waals surface area contributed by atoms with Crippen LogP contribution in [0.25, 0.3) is 6.08 Å². The fourth-order valence-corrected chi connectivity index (χ4v) is 2.03. The van der Waals surface area contributed by atoms with Gasteiger partial charge in [0.25, 0.3) is 0 Å². The van der Waals surface area contributed by atoms with Crippen molar-refractivity contribution in [2.75, 3.05) is 13.7 Å². The molecule has 0 aliphatic rings. The van der Waals surface area contributed by atoms with E-state index in [2.05, 4.69) is 21.2 Å². The van der Waals surface area contributed by atoms with Crippen LogP contribution < -0.4 is 10.1 Å². The summed E-state index contributed by atoms with van der Waals surface area (Å²) in [6.45, 7) is 0.349. The highest BCUT2D eigenvalue weighted by Crippen LogP contribution is 2.25. The van der Waals surface area contributed by atoms with E-state index in [4.69, 9.17) is 9.84 Å². The lowest BCUT2D eigenvalue weighted by atomic mass is 10.2. The molecule has 0 radical (unpaired) electrons. The number of halogens is 1. The van der Waals surface area contributed by atoms with Gasteiger partial charge in [0.05, 0.1) is 11.6 Å². The number of methoxy groups -OCH3 is 1. The van der Waals surface area contributed by atoms with Gasteiger partial charge in [-0.1, -0.05) is 6.07 Å². The molecule has 5 nitrogen and oxygen atoms in total. The van der Waals surface area contributed by atoms with Crippen LogP contribution >= 0.6 is 15.9 Å². The summed E-state index contributed by atoms with van der Waals surface area (Å²) in [5.41, 5.74) is 0.860. The molecule has 0 heterocycles. The smallest absolute Gasteiger partial charge is 0.303 e. The van der Waals surface area contributed by atoms with Crippen molar-refractivity contribution in [3.63, 3.8) is 0 Å². The summed E-state index contributed by atoms with van der Waals surface area (Å²) < 4.78 is 5.92. The van der Waals surface area contributed by atoms with Crippen LogP contribution in [0.15, 0.2) is 28.7 Å². The molecule has 2 N–H and O–H groups in total. The number of benzene rings is 1. The summed E-state index contributed by atoms with van der Waals surface area (Å²) in [5, 5.41) is 11.1. The number of carboxylic acids is 1. The molecule has 0 aliphatic heterocycles. The van der Waals surface area contributed by atoms with Crippen LogP contribution in [0, 0.1) is 0 Å². The van der Waals surface area contributed by atoms with Gasteiger partial charge in [0.15, 0.2) is 0 Å². The normalized spacial score (nSPS) is 10.5. The van der Waals surface area contributed by atoms with Crippen LogP contribution in [-0.2, 0) is 9.59 Å². The molecule has 0 unspecified atom stereocenters. The van der Waals surface area contributed by atoms with Crippen LogP contribution in [0.4, 0.5) is 0 Å². The minimum atomic E-state index is -0.863. The highest BCUT2D eigenvalue weighted by atomic mass is 79.9. The molecule has 6 heteroatoms. The quantitative estimate of drug-likeness (QED) is 0.590. The van der Waals surface area contributed by atoms with E-state index < -0.39 is 5.97 Å². The van der Waals surface area contributed by atoms with Crippen LogP contribution in [0.3, 0.4) is 0 Å². The monoisotopic (exact) mass is 341 g/mol. The van der Waals surface area contributed by atoms with Crippen molar-refractivity contribution in [3.8, 4) is 5.75 Å². The first-order valence-electron chi connectivity index (χ1n) is 6.04. The van der Waals surface area contributed by atoms with Crippen molar-refractivity contribution < 1.29 is 19.4 Å². The third-order valence-corrected chi connectivity index (χ3v) is 3.09. The lowest BCUT2D eigenvalue weighted by molar-refractivity contribution is -0.137. The molecule has 0 fully saturated rings. The molecule has 0 saturated heterocycles. The van der Waals surface area contributed by atoms with Crippen LogP contribution in [0.5, 0.6) is 5.75 Å². The summed E-state index contributed by atoms with van der Waals surface area (Å²) in [6, 6.07) is 5.47. The number of amides is 1. The summed E-state index contributed by atoms with van der Waals surface area (Å²) in [7, 11) is 1.58. The van der Waals surface area contributed by atoms with Gasteiger partial charge in [-0.25, -0.2) is 0 Å². The molecule has 0 saturated carbocycles. The molecule has 0 aliphatic carbocycles. The lowest BCUT2D eigenvalue weighted by Gasteiger charge is -2.03. The van der Waals surface area contributed by atoms with E-state index in [9.17, 15) is 9.59 Å². The van der Waals surface area contributed by atoms with Crippen molar-refractivity contribution in [1.82, 2.24) is 5.32 Å². The SMILES string of the molecule is COc1ccc(C=CC(=O)NCCCC(=O)O)cc1Br. The van der Waals surface area contributed by atoms with Crippen molar-refractivity contribution in [2.24, 2.45) is 0 Å². The van der Waals surface area contributed by atoms with Crippen LogP contribution in [-0.4, -0.2) is 30.6 Å². The first kappa shape index (κ1) is 16.2. The predicted molar refractivity (Wildman–Crippen MR) is 79.6 cm³/mol. The molecule has 0 aromatic heterocycles. The second-order valence-electron chi connectivity index (χ2n) is 4.02. The molecule has 1 amide bonds. The maximum Gasteiger partial charge on any atom is 0.303 e. The summed E-state index contributed by atoms with van der Waals surface area (Å²) >= 11 is 3.36. The van der Waals surface area contributed by atoms with Gasteiger partial charge in [-0.3, -0.25) is 9.59 Å².